The van der Waals surface area contributed by atoms with Gasteiger partial charge in [-0.2, -0.15) is 0 Å². The highest BCUT2D eigenvalue weighted by Gasteiger charge is 2.21. The summed E-state index contributed by atoms with van der Waals surface area (Å²) >= 11 is 0. The van der Waals surface area contributed by atoms with Gasteiger partial charge in [-0.3, -0.25) is 0 Å². The quantitative estimate of drug-likeness (QED) is 0.441. The first kappa shape index (κ1) is 23.3. The fourth-order valence-electron chi connectivity index (χ4n) is 4.14. The summed E-state index contributed by atoms with van der Waals surface area (Å²) in [7, 11) is 0. The van der Waals surface area contributed by atoms with Gasteiger partial charge >= 0.3 is 0 Å². The van der Waals surface area contributed by atoms with E-state index in [1.54, 1.807) is 6.08 Å². The average Bonchev–Trinajstić information content (AvgIpc) is 3.43. The standard InChI is InChI=1S/C27H26N2O3.C2H6/c1-3-7-22(4-2)28-16-20-14-24(10-12-26(20)30-18-28)32-25-11-13-27-21(15-25)17-29(19-31-27)23-8-5-6-9-23;1-2/h3-5,7-15H,1-2,6,16-19H2;1-2H3/b22-7+;. The summed E-state index contributed by atoms with van der Waals surface area (Å²) in [5.74, 6) is 3.36. The second-order valence-corrected chi connectivity index (χ2v) is 7.88. The Balaban J connectivity index is 0.00000133. The number of hydrogen-bond acceptors (Lipinski definition) is 5. The maximum absolute atomic E-state index is 6.21. The van der Waals surface area contributed by atoms with Crippen LogP contribution in [0.5, 0.6) is 23.0 Å². The molecule has 5 nitrogen and oxygen atoms in total. The Bertz CT molecular complexity index is 1150. The van der Waals surface area contributed by atoms with Gasteiger partial charge in [-0.05, 0) is 61.0 Å². The van der Waals surface area contributed by atoms with Crippen molar-refractivity contribution in [3.05, 3.63) is 109 Å². The van der Waals surface area contributed by atoms with Gasteiger partial charge in [0, 0.05) is 35.6 Å². The molecule has 0 saturated carbocycles. The monoisotopic (exact) mass is 456 g/mol. The number of ether oxygens (including phenoxy) is 3. The van der Waals surface area contributed by atoms with Gasteiger partial charge in [0.15, 0.2) is 13.5 Å². The SMILES string of the molecule is C=C/C=C(\C=C)N1COc2ccc(Oc3ccc4c(c3)CN(C3=CCC=C3)CO4)cc2C1.CC. The molecular weight excluding hydrogens is 424 g/mol. The van der Waals surface area contributed by atoms with Crippen LogP contribution < -0.4 is 14.2 Å². The van der Waals surface area contributed by atoms with Crippen LogP contribution in [0.2, 0.25) is 0 Å². The fourth-order valence-corrected chi connectivity index (χ4v) is 4.14. The van der Waals surface area contributed by atoms with Crippen LogP contribution in [0.3, 0.4) is 0 Å². The van der Waals surface area contributed by atoms with E-state index in [1.807, 2.05) is 56.3 Å². The molecule has 3 aliphatic rings. The molecule has 0 atom stereocenters. The van der Waals surface area contributed by atoms with E-state index >= 15 is 0 Å². The lowest BCUT2D eigenvalue weighted by molar-refractivity contribution is 0.131. The molecule has 0 amide bonds. The number of fused-ring (bicyclic) bond motifs is 2. The Morgan fingerprint density at radius 3 is 2.24 bits per heavy atom. The minimum atomic E-state index is 0.478. The molecule has 0 radical (unpaired) electrons. The molecule has 0 fully saturated rings. The number of benzene rings is 2. The molecule has 34 heavy (non-hydrogen) atoms. The summed E-state index contributed by atoms with van der Waals surface area (Å²) in [4.78, 5) is 4.34. The number of nitrogens with zero attached hydrogens (tertiary/aromatic N) is 2. The second kappa shape index (κ2) is 10.8. The van der Waals surface area contributed by atoms with Gasteiger partial charge in [-0.25, -0.2) is 0 Å². The Labute approximate surface area is 202 Å². The molecule has 2 aliphatic heterocycles. The van der Waals surface area contributed by atoms with Gasteiger partial charge < -0.3 is 24.0 Å². The van der Waals surface area contributed by atoms with Crippen LogP contribution >= 0.6 is 0 Å². The van der Waals surface area contributed by atoms with Crippen molar-refractivity contribution in [1.29, 1.82) is 0 Å². The maximum Gasteiger partial charge on any atom is 0.161 e. The number of hydrogen-bond donors (Lipinski definition) is 0. The molecule has 2 heterocycles. The molecule has 0 aromatic heterocycles. The zero-order valence-corrected chi connectivity index (χ0v) is 20.0. The molecule has 0 bridgehead atoms. The molecule has 2 aromatic carbocycles. The van der Waals surface area contributed by atoms with Gasteiger partial charge in [0.1, 0.15) is 23.0 Å². The van der Waals surface area contributed by atoms with Crippen LogP contribution in [0.25, 0.3) is 0 Å². The van der Waals surface area contributed by atoms with E-state index in [0.717, 1.165) is 52.8 Å². The first-order valence-corrected chi connectivity index (χ1v) is 11.7. The predicted octanol–water partition coefficient (Wildman–Crippen LogP) is 6.91. The summed E-state index contributed by atoms with van der Waals surface area (Å²) in [6, 6.07) is 11.9. The fraction of sp³-hybridized carbons (Fsp3) is 0.241. The highest BCUT2D eigenvalue weighted by atomic mass is 16.5. The smallest absolute Gasteiger partial charge is 0.161 e. The summed E-state index contributed by atoms with van der Waals surface area (Å²) in [6.45, 7) is 14.2. The molecule has 1 aliphatic carbocycles. The van der Waals surface area contributed by atoms with Crippen molar-refractivity contribution in [2.75, 3.05) is 13.5 Å². The van der Waals surface area contributed by atoms with Crippen LogP contribution in [0.15, 0.2) is 97.4 Å². The van der Waals surface area contributed by atoms with Crippen molar-refractivity contribution < 1.29 is 14.2 Å². The molecular formula is C29H32N2O3. The van der Waals surface area contributed by atoms with E-state index < -0.39 is 0 Å². The van der Waals surface area contributed by atoms with Crippen LogP contribution in [0, 0.1) is 0 Å². The van der Waals surface area contributed by atoms with Crippen molar-refractivity contribution in [2.45, 2.75) is 33.4 Å². The van der Waals surface area contributed by atoms with Crippen molar-refractivity contribution >= 4 is 0 Å². The number of rotatable bonds is 6. The zero-order chi connectivity index (χ0) is 23.9. The van der Waals surface area contributed by atoms with Crippen molar-refractivity contribution in [3.63, 3.8) is 0 Å². The van der Waals surface area contributed by atoms with Gasteiger partial charge in [0.2, 0.25) is 0 Å². The first-order valence-electron chi connectivity index (χ1n) is 11.7. The largest absolute Gasteiger partial charge is 0.473 e. The molecule has 5 rings (SSSR count). The third-order valence-electron chi connectivity index (χ3n) is 5.75. The Kier molecular flexibility index (Phi) is 7.43. The summed E-state index contributed by atoms with van der Waals surface area (Å²) < 4.78 is 18.1. The van der Waals surface area contributed by atoms with E-state index in [-0.39, 0.29) is 0 Å². The van der Waals surface area contributed by atoms with Crippen LogP contribution in [-0.4, -0.2) is 23.3 Å². The summed E-state index contributed by atoms with van der Waals surface area (Å²) in [5.41, 5.74) is 4.37. The third-order valence-corrected chi connectivity index (χ3v) is 5.75. The predicted molar refractivity (Wildman–Crippen MR) is 137 cm³/mol. The van der Waals surface area contributed by atoms with Gasteiger partial charge in [0.25, 0.3) is 0 Å². The molecule has 176 valence electrons. The van der Waals surface area contributed by atoms with Crippen LogP contribution in [0.4, 0.5) is 0 Å². The Morgan fingerprint density at radius 2 is 1.62 bits per heavy atom. The van der Waals surface area contributed by atoms with Crippen molar-refractivity contribution in [3.8, 4) is 23.0 Å². The highest BCUT2D eigenvalue weighted by molar-refractivity contribution is 5.46. The van der Waals surface area contributed by atoms with Gasteiger partial charge in [-0.1, -0.05) is 45.2 Å². The van der Waals surface area contributed by atoms with E-state index in [9.17, 15) is 0 Å². The van der Waals surface area contributed by atoms with E-state index in [2.05, 4.69) is 47.3 Å². The molecule has 2 aromatic rings. The summed E-state index contributed by atoms with van der Waals surface area (Å²) in [5, 5.41) is 0. The van der Waals surface area contributed by atoms with Crippen molar-refractivity contribution in [1.82, 2.24) is 9.80 Å². The lowest BCUT2D eigenvalue weighted by Crippen LogP contribution is -2.30. The molecule has 0 saturated heterocycles. The van der Waals surface area contributed by atoms with E-state index in [4.69, 9.17) is 14.2 Å². The normalized spacial score (nSPS) is 16.2. The van der Waals surface area contributed by atoms with Crippen molar-refractivity contribution in [2.24, 2.45) is 0 Å². The Morgan fingerprint density at radius 1 is 0.941 bits per heavy atom. The third kappa shape index (κ3) is 5.04. The topological polar surface area (TPSA) is 34.2 Å². The molecule has 5 heteroatoms. The first-order chi connectivity index (χ1) is 16.7. The second-order valence-electron chi connectivity index (χ2n) is 7.88. The average molecular weight is 457 g/mol. The van der Waals surface area contributed by atoms with Gasteiger partial charge in [0.05, 0.1) is 0 Å². The van der Waals surface area contributed by atoms with Crippen LogP contribution in [0.1, 0.15) is 31.4 Å². The Hall–Kier alpha value is -3.86. The molecule has 0 spiro atoms. The van der Waals surface area contributed by atoms with Gasteiger partial charge in [-0.15, -0.1) is 0 Å². The summed E-state index contributed by atoms with van der Waals surface area (Å²) in [6.07, 6.45) is 13.0. The minimum Gasteiger partial charge on any atom is -0.473 e. The highest BCUT2D eigenvalue weighted by Crippen LogP contribution is 2.35. The maximum atomic E-state index is 6.21. The molecule has 0 N–H and O–H groups in total. The van der Waals surface area contributed by atoms with E-state index in [1.165, 1.54) is 5.70 Å². The number of allylic oxidation sites excluding steroid dienone is 6. The van der Waals surface area contributed by atoms with Crippen LogP contribution in [-0.2, 0) is 13.1 Å². The minimum absolute atomic E-state index is 0.478. The van der Waals surface area contributed by atoms with E-state index in [0.29, 0.717) is 20.0 Å². The lowest BCUT2D eigenvalue weighted by atomic mass is 10.1. The zero-order valence-electron chi connectivity index (χ0n) is 20.0. The lowest BCUT2D eigenvalue weighted by Gasteiger charge is -2.32. The molecule has 0 unspecified atom stereocenters.